The van der Waals surface area contributed by atoms with Crippen molar-refractivity contribution in [3.05, 3.63) is 0 Å². The van der Waals surface area contributed by atoms with Crippen LogP contribution >= 0.6 is 0 Å². The molecule has 1 fully saturated rings. The summed E-state index contributed by atoms with van der Waals surface area (Å²) in [5, 5.41) is 13.1. The number of aliphatic carboxylic acids is 1. The molecule has 0 radical (unpaired) electrons. The van der Waals surface area contributed by atoms with Crippen LogP contribution in [-0.2, 0) is 14.4 Å². The van der Waals surface area contributed by atoms with Crippen LogP contribution in [0.3, 0.4) is 0 Å². The molecule has 0 spiro atoms. The maximum atomic E-state index is 11.8. The number of carbonyl (C=O) groups is 4. The Morgan fingerprint density at radius 3 is 2.74 bits per heavy atom. The molecule has 1 unspecified atom stereocenters. The first kappa shape index (κ1) is 14.9. The number of carboxylic acids is 1. The van der Waals surface area contributed by atoms with Gasteiger partial charge >= 0.3 is 12.0 Å². The Hall–Kier alpha value is -2.12. The van der Waals surface area contributed by atoms with E-state index in [1.807, 2.05) is 0 Å². The minimum Gasteiger partial charge on any atom is -0.481 e. The normalized spacial score (nSPS) is 19.0. The van der Waals surface area contributed by atoms with E-state index in [9.17, 15) is 19.2 Å². The van der Waals surface area contributed by atoms with Gasteiger partial charge in [-0.05, 0) is 12.8 Å². The first-order valence-corrected chi connectivity index (χ1v) is 6.05. The molecule has 0 saturated carbocycles. The third-order valence-corrected chi connectivity index (χ3v) is 2.75. The Bertz CT molecular complexity index is 396. The fourth-order valence-corrected chi connectivity index (χ4v) is 1.82. The van der Waals surface area contributed by atoms with Gasteiger partial charge in [-0.25, -0.2) is 4.79 Å². The van der Waals surface area contributed by atoms with Crippen LogP contribution in [0.2, 0.25) is 0 Å². The molecular formula is C11H17N3O5. The van der Waals surface area contributed by atoms with E-state index < -0.39 is 29.9 Å². The minimum absolute atomic E-state index is 0.0447. The van der Waals surface area contributed by atoms with Crippen LogP contribution in [-0.4, -0.2) is 53.0 Å². The summed E-state index contributed by atoms with van der Waals surface area (Å²) < 4.78 is 0. The molecule has 4 amide bonds. The fourth-order valence-electron chi connectivity index (χ4n) is 1.82. The van der Waals surface area contributed by atoms with Gasteiger partial charge in [-0.1, -0.05) is 6.92 Å². The number of amides is 4. The Labute approximate surface area is 110 Å². The molecular weight excluding hydrogens is 254 g/mol. The number of nitrogens with zero attached hydrogens (tertiary/aromatic N) is 1. The lowest BCUT2D eigenvalue weighted by molar-refractivity contribution is -0.139. The number of hydrogen-bond acceptors (Lipinski definition) is 4. The van der Waals surface area contributed by atoms with Gasteiger partial charge in [0.05, 0.1) is 0 Å². The zero-order valence-electron chi connectivity index (χ0n) is 10.6. The number of urea groups is 1. The van der Waals surface area contributed by atoms with Crippen molar-refractivity contribution >= 4 is 23.8 Å². The minimum atomic E-state index is -0.937. The van der Waals surface area contributed by atoms with E-state index in [4.69, 9.17) is 5.11 Å². The molecule has 8 nitrogen and oxygen atoms in total. The molecule has 1 aliphatic rings. The summed E-state index contributed by atoms with van der Waals surface area (Å²) in [4.78, 5) is 46.1. The molecule has 1 atom stereocenters. The molecule has 0 bridgehead atoms. The van der Waals surface area contributed by atoms with Crippen molar-refractivity contribution in [2.45, 2.75) is 32.2 Å². The van der Waals surface area contributed by atoms with Gasteiger partial charge < -0.3 is 15.3 Å². The lowest BCUT2D eigenvalue weighted by Crippen LogP contribution is -2.61. The molecule has 1 heterocycles. The summed E-state index contributed by atoms with van der Waals surface area (Å²) in [7, 11) is 0. The van der Waals surface area contributed by atoms with Gasteiger partial charge in [0.2, 0.25) is 11.8 Å². The Balaban J connectivity index is 2.50. The molecule has 0 aromatic rings. The van der Waals surface area contributed by atoms with E-state index in [-0.39, 0.29) is 19.5 Å². The van der Waals surface area contributed by atoms with Crippen molar-refractivity contribution in [2.24, 2.45) is 0 Å². The Kier molecular flexibility index (Phi) is 5.28. The van der Waals surface area contributed by atoms with E-state index in [1.165, 1.54) is 4.90 Å². The maximum Gasteiger partial charge on any atom is 0.318 e. The molecule has 8 heteroatoms. The van der Waals surface area contributed by atoms with E-state index in [0.717, 1.165) is 0 Å². The van der Waals surface area contributed by atoms with E-state index in [1.54, 1.807) is 6.92 Å². The monoisotopic (exact) mass is 271 g/mol. The van der Waals surface area contributed by atoms with Gasteiger partial charge in [-0.3, -0.25) is 19.7 Å². The number of carbonyl (C=O) groups excluding carboxylic acids is 3. The fraction of sp³-hybridized carbons (Fsp3) is 0.636. The van der Waals surface area contributed by atoms with Crippen LogP contribution in [0.25, 0.3) is 0 Å². The molecule has 106 valence electrons. The molecule has 0 aromatic carbocycles. The van der Waals surface area contributed by atoms with Gasteiger partial charge in [0.15, 0.2) is 0 Å². The van der Waals surface area contributed by atoms with Crippen LogP contribution in [0.15, 0.2) is 0 Å². The first-order valence-electron chi connectivity index (χ1n) is 6.05. The number of carboxylic acid groups (broad SMARTS) is 1. The predicted molar refractivity (Wildman–Crippen MR) is 64.2 cm³/mol. The van der Waals surface area contributed by atoms with E-state index >= 15 is 0 Å². The second kappa shape index (κ2) is 6.72. The van der Waals surface area contributed by atoms with Crippen molar-refractivity contribution in [1.82, 2.24) is 15.5 Å². The summed E-state index contributed by atoms with van der Waals surface area (Å²) >= 11 is 0. The summed E-state index contributed by atoms with van der Waals surface area (Å²) in [5.74, 6) is -1.94. The van der Waals surface area contributed by atoms with Crippen LogP contribution < -0.4 is 10.6 Å². The highest BCUT2D eigenvalue weighted by molar-refractivity contribution is 6.04. The number of rotatable bonds is 5. The number of nitrogens with one attached hydrogen (secondary N) is 2. The van der Waals surface area contributed by atoms with Gasteiger partial charge in [-0.15, -0.1) is 0 Å². The van der Waals surface area contributed by atoms with E-state index in [0.29, 0.717) is 12.8 Å². The number of imide groups is 1. The smallest absolute Gasteiger partial charge is 0.318 e. The lowest BCUT2D eigenvalue weighted by atomic mass is 10.1. The number of hydrogen-bond donors (Lipinski definition) is 3. The Morgan fingerprint density at radius 2 is 2.16 bits per heavy atom. The standard InChI is InChI=1S/C11H17N3O5/c1-2-7-10(18)13-8(15)6-14(7)11(19)12-5-3-4-9(16)17/h7H,2-6H2,1H3,(H,12,19)(H,16,17)(H,13,15,18). The topological polar surface area (TPSA) is 116 Å². The zero-order valence-corrected chi connectivity index (χ0v) is 10.6. The van der Waals surface area contributed by atoms with Crippen LogP contribution in [0, 0.1) is 0 Å². The third-order valence-electron chi connectivity index (χ3n) is 2.75. The van der Waals surface area contributed by atoms with Crippen molar-refractivity contribution in [2.75, 3.05) is 13.1 Å². The van der Waals surface area contributed by atoms with Gasteiger partial charge in [0.25, 0.3) is 0 Å². The SMILES string of the molecule is CCC1C(=O)NC(=O)CN1C(=O)NCCCC(=O)O. The maximum absolute atomic E-state index is 11.8. The van der Waals surface area contributed by atoms with Gasteiger partial charge in [0, 0.05) is 13.0 Å². The van der Waals surface area contributed by atoms with Crippen LogP contribution in [0.5, 0.6) is 0 Å². The summed E-state index contributed by atoms with van der Waals surface area (Å²) in [6.07, 6.45) is 0.657. The lowest BCUT2D eigenvalue weighted by Gasteiger charge is -2.33. The predicted octanol–water partition coefficient (Wildman–Crippen LogP) is -0.702. The third kappa shape index (κ3) is 4.23. The highest BCUT2D eigenvalue weighted by Gasteiger charge is 2.35. The molecule has 1 rings (SSSR count). The summed E-state index contributed by atoms with van der Waals surface area (Å²) in [6, 6.07) is -1.20. The average Bonchev–Trinajstić information content (AvgIpc) is 2.33. The van der Waals surface area contributed by atoms with Crippen molar-refractivity contribution in [1.29, 1.82) is 0 Å². The largest absolute Gasteiger partial charge is 0.481 e. The molecule has 19 heavy (non-hydrogen) atoms. The van der Waals surface area contributed by atoms with Crippen molar-refractivity contribution < 1.29 is 24.3 Å². The van der Waals surface area contributed by atoms with Crippen molar-refractivity contribution in [3.8, 4) is 0 Å². The first-order chi connectivity index (χ1) is 8.95. The average molecular weight is 271 g/mol. The molecule has 3 N–H and O–H groups in total. The van der Waals surface area contributed by atoms with Gasteiger partial charge in [-0.2, -0.15) is 0 Å². The quantitative estimate of drug-likeness (QED) is 0.451. The van der Waals surface area contributed by atoms with Crippen LogP contribution in [0.1, 0.15) is 26.2 Å². The van der Waals surface area contributed by atoms with Gasteiger partial charge in [0.1, 0.15) is 12.6 Å². The van der Waals surface area contributed by atoms with Crippen molar-refractivity contribution in [3.63, 3.8) is 0 Å². The second-order valence-corrected chi connectivity index (χ2v) is 4.19. The highest BCUT2D eigenvalue weighted by atomic mass is 16.4. The molecule has 1 saturated heterocycles. The highest BCUT2D eigenvalue weighted by Crippen LogP contribution is 2.09. The molecule has 0 aliphatic carbocycles. The second-order valence-electron chi connectivity index (χ2n) is 4.19. The van der Waals surface area contributed by atoms with E-state index in [2.05, 4.69) is 10.6 Å². The summed E-state index contributed by atoms with van der Waals surface area (Å²) in [5.41, 5.74) is 0. The Morgan fingerprint density at radius 1 is 1.47 bits per heavy atom. The number of piperazine rings is 1. The zero-order chi connectivity index (χ0) is 14.4. The molecule has 1 aliphatic heterocycles. The summed E-state index contributed by atoms with van der Waals surface area (Å²) in [6.45, 7) is 1.76. The molecule has 0 aromatic heterocycles. The van der Waals surface area contributed by atoms with Crippen LogP contribution in [0.4, 0.5) is 4.79 Å².